The predicted molar refractivity (Wildman–Crippen MR) is 75.1 cm³/mol. The zero-order valence-electron chi connectivity index (χ0n) is 11.5. The van der Waals surface area contributed by atoms with Crippen molar-refractivity contribution in [2.45, 2.75) is 13.5 Å². The van der Waals surface area contributed by atoms with Crippen LogP contribution in [0.4, 0.5) is 11.4 Å². The molecular formula is C13H14N4O4. The number of nitrogens with zero attached hydrogens (tertiary/aromatic N) is 2. The number of hydrogen-bond acceptors (Lipinski definition) is 6. The Balaban J connectivity index is 2.20. The van der Waals surface area contributed by atoms with Gasteiger partial charge in [0.1, 0.15) is 17.0 Å². The van der Waals surface area contributed by atoms with Gasteiger partial charge in [-0.15, -0.1) is 0 Å². The number of anilines is 1. The van der Waals surface area contributed by atoms with Gasteiger partial charge in [-0.3, -0.25) is 14.9 Å². The van der Waals surface area contributed by atoms with Crippen molar-refractivity contribution in [3.8, 4) is 0 Å². The molecule has 0 aliphatic carbocycles. The normalized spacial score (nSPS) is 10.2. The SMILES string of the molecule is CNc1cccc(C(=O)NCc2ncc(C)o2)c1[N+](=O)[O-]. The van der Waals surface area contributed by atoms with Gasteiger partial charge in [0.25, 0.3) is 5.91 Å². The zero-order chi connectivity index (χ0) is 15.4. The van der Waals surface area contributed by atoms with Crippen molar-refractivity contribution in [2.75, 3.05) is 12.4 Å². The monoisotopic (exact) mass is 290 g/mol. The Kier molecular flexibility index (Phi) is 4.17. The molecule has 1 heterocycles. The Hall–Kier alpha value is -2.90. The van der Waals surface area contributed by atoms with Gasteiger partial charge in [0.2, 0.25) is 5.89 Å². The highest BCUT2D eigenvalue weighted by Crippen LogP contribution is 2.28. The Morgan fingerprint density at radius 2 is 2.24 bits per heavy atom. The number of amides is 1. The largest absolute Gasteiger partial charge is 0.444 e. The van der Waals surface area contributed by atoms with Crippen molar-refractivity contribution in [1.82, 2.24) is 10.3 Å². The lowest BCUT2D eigenvalue weighted by Crippen LogP contribution is -2.24. The van der Waals surface area contributed by atoms with Gasteiger partial charge in [-0.05, 0) is 19.1 Å². The van der Waals surface area contributed by atoms with Gasteiger partial charge in [0.05, 0.1) is 17.7 Å². The van der Waals surface area contributed by atoms with Gasteiger partial charge >= 0.3 is 5.69 Å². The number of hydrogen-bond donors (Lipinski definition) is 2. The maximum atomic E-state index is 12.1. The molecule has 0 aliphatic heterocycles. The van der Waals surface area contributed by atoms with E-state index in [1.807, 2.05) is 0 Å². The number of nitro groups is 1. The molecule has 1 aromatic heterocycles. The van der Waals surface area contributed by atoms with Crippen molar-refractivity contribution in [3.63, 3.8) is 0 Å². The van der Waals surface area contributed by atoms with Crippen molar-refractivity contribution in [1.29, 1.82) is 0 Å². The molecule has 0 fully saturated rings. The fraction of sp³-hybridized carbons (Fsp3) is 0.231. The van der Waals surface area contributed by atoms with Crippen molar-refractivity contribution in [2.24, 2.45) is 0 Å². The highest BCUT2D eigenvalue weighted by Gasteiger charge is 2.23. The van der Waals surface area contributed by atoms with E-state index in [0.717, 1.165) is 0 Å². The number of aryl methyl sites for hydroxylation is 1. The lowest BCUT2D eigenvalue weighted by atomic mass is 10.1. The molecule has 0 unspecified atom stereocenters. The van der Waals surface area contributed by atoms with E-state index in [4.69, 9.17) is 4.42 Å². The maximum absolute atomic E-state index is 12.1. The van der Waals surface area contributed by atoms with Crippen molar-refractivity contribution >= 4 is 17.3 Å². The van der Waals surface area contributed by atoms with Crippen LogP contribution in [0, 0.1) is 17.0 Å². The minimum Gasteiger partial charge on any atom is -0.444 e. The Morgan fingerprint density at radius 1 is 1.48 bits per heavy atom. The Labute approximate surface area is 120 Å². The summed E-state index contributed by atoms with van der Waals surface area (Å²) in [4.78, 5) is 26.6. The maximum Gasteiger partial charge on any atom is 0.305 e. The molecule has 1 amide bonds. The number of nitrogens with one attached hydrogen (secondary N) is 2. The fourth-order valence-corrected chi connectivity index (χ4v) is 1.86. The molecule has 21 heavy (non-hydrogen) atoms. The van der Waals surface area contributed by atoms with E-state index in [2.05, 4.69) is 15.6 Å². The average Bonchev–Trinajstić information content (AvgIpc) is 2.89. The van der Waals surface area contributed by atoms with Crippen LogP contribution in [-0.2, 0) is 6.54 Å². The molecule has 1 aromatic carbocycles. The van der Waals surface area contributed by atoms with E-state index < -0.39 is 10.8 Å². The van der Waals surface area contributed by atoms with Crippen LogP contribution in [0.1, 0.15) is 22.0 Å². The summed E-state index contributed by atoms with van der Waals surface area (Å²) in [6, 6.07) is 4.50. The number of rotatable bonds is 5. The van der Waals surface area contributed by atoms with Crippen LogP contribution in [0.15, 0.2) is 28.8 Å². The fourth-order valence-electron chi connectivity index (χ4n) is 1.86. The van der Waals surface area contributed by atoms with Gasteiger partial charge in [-0.25, -0.2) is 4.98 Å². The predicted octanol–water partition coefficient (Wildman–Crippen LogP) is 1.86. The molecule has 0 spiro atoms. The van der Waals surface area contributed by atoms with Gasteiger partial charge in [0, 0.05) is 7.05 Å². The summed E-state index contributed by atoms with van der Waals surface area (Å²) in [5.41, 5.74) is -0.00386. The van der Waals surface area contributed by atoms with E-state index in [9.17, 15) is 14.9 Å². The molecule has 2 rings (SSSR count). The van der Waals surface area contributed by atoms with E-state index in [1.165, 1.54) is 18.3 Å². The average molecular weight is 290 g/mol. The van der Waals surface area contributed by atoms with Crippen LogP contribution < -0.4 is 10.6 Å². The molecule has 0 radical (unpaired) electrons. The molecule has 0 saturated heterocycles. The molecule has 2 N–H and O–H groups in total. The van der Waals surface area contributed by atoms with E-state index in [0.29, 0.717) is 11.7 Å². The van der Waals surface area contributed by atoms with Gasteiger partial charge in [0.15, 0.2) is 0 Å². The molecule has 2 aromatic rings. The van der Waals surface area contributed by atoms with Gasteiger partial charge < -0.3 is 15.1 Å². The van der Waals surface area contributed by atoms with E-state index in [-0.39, 0.29) is 23.5 Å². The summed E-state index contributed by atoms with van der Waals surface area (Å²) < 4.78 is 5.22. The highest BCUT2D eigenvalue weighted by molar-refractivity contribution is 6.00. The summed E-state index contributed by atoms with van der Waals surface area (Å²) in [6.07, 6.45) is 1.53. The first-order chi connectivity index (χ1) is 10.0. The molecule has 8 nitrogen and oxygen atoms in total. The minimum atomic E-state index is -0.587. The van der Waals surface area contributed by atoms with Crippen molar-refractivity contribution in [3.05, 3.63) is 51.7 Å². The summed E-state index contributed by atoms with van der Waals surface area (Å²) >= 11 is 0. The molecule has 0 saturated carbocycles. The second kappa shape index (κ2) is 6.04. The number of carbonyl (C=O) groups excluding carboxylic acids is 1. The second-order valence-electron chi connectivity index (χ2n) is 4.26. The zero-order valence-corrected chi connectivity index (χ0v) is 11.5. The molecule has 0 bridgehead atoms. The second-order valence-corrected chi connectivity index (χ2v) is 4.26. The van der Waals surface area contributed by atoms with Crippen LogP contribution in [-0.4, -0.2) is 22.9 Å². The summed E-state index contributed by atoms with van der Waals surface area (Å²) in [5, 5.41) is 16.4. The third-order valence-electron chi connectivity index (χ3n) is 2.80. The number of oxazole rings is 1. The molecule has 8 heteroatoms. The van der Waals surface area contributed by atoms with E-state index >= 15 is 0 Å². The smallest absolute Gasteiger partial charge is 0.305 e. The van der Waals surface area contributed by atoms with Gasteiger partial charge in [-0.1, -0.05) is 6.07 Å². The summed E-state index contributed by atoms with van der Waals surface area (Å²) in [6.45, 7) is 1.80. The van der Waals surface area contributed by atoms with Crippen LogP contribution >= 0.6 is 0 Å². The number of carbonyl (C=O) groups is 1. The molecular weight excluding hydrogens is 276 g/mol. The van der Waals surface area contributed by atoms with Gasteiger partial charge in [-0.2, -0.15) is 0 Å². The van der Waals surface area contributed by atoms with Crippen molar-refractivity contribution < 1.29 is 14.1 Å². The lowest BCUT2D eigenvalue weighted by molar-refractivity contribution is -0.384. The summed E-state index contributed by atoms with van der Waals surface area (Å²) in [5.74, 6) is 0.408. The number of para-hydroxylation sites is 1. The van der Waals surface area contributed by atoms with Crippen LogP contribution in [0.2, 0.25) is 0 Å². The van der Waals surface area contributed by atoms with E-state index in [1.54, 1.807) is 20.0 Å². The third-order valence-corrected chi connectivity index (χ3v) is 2.80. The van der Waals surface area contributed by atoms with Crippen LogP contribution in [0.3, 0.4) is 0 Å². The Morgan fingerprint density at radius 3 is 2.81 bits per heavy atom. The standard InChI is InChI=1S/C13H14N4O4/c1-8-6-15-11(21-8)7-16-13(18)9-4-3-5-10(14-2)12(9)17(19)20/h3-6,14H,7H2,1-2H3,(H,16,18). The Bertz CT molecular complexity index is 681. The molecule has 110 valence electrons. The number of aromatic nitrogens is 1. The minimum absolute atomic E-state index is 0.0184. The number of benzene rings is 1. The highest BCUT2D eigenvalue weighted by atomic mass is 16.6. The topological polar surface area (TPSA) is 110 Å². The van der Waals surface area contributed by atoms with Crippen LogP contribution in [0.5, 0.6) is 0 Å². The lowest BCUT2D eigenvalue weighted by Gasteiger charge is -2.07. The van der Waals surface area contributed by atoms with Crippen LogP contribution in [0.25, 0.3) is 0 Å². The first kappa shape index (κ1) is 14.5. The first-order valence-electron chi connectivity index (χ1n) is 6.17. The summed E-state index contributed by atoms with van der Waals surface area (Å²) in [7, 11) is 1.56. The quantitative estimate of drug-likeness (QED) is 0.642. The molecule has 0 aliphatic rings. The first-order valence-corrected chi connectivity index (χ1v) is 6.17. The molecule has 0 atom stereocenters. The third kappa shape index (κ3) is 3.16. The number of nitro benzene ring substituents is 1.